The molecule has 0 saturated carbocycles. The fourth-order valence-corrected chi connectivity index (χ4v) is 3.11. The van der Waals surface area contributed by atoms with Crippen molar-refractivity contribution in [2.75, 3.05) is 18.8 Å². The highest BCUT2D eigenvalue weighted by atomic mass is 32.2. The van der Waals surface area contributed by atoms with E-state index < -0.39 is 14.6 Å². The van der Waals surface area contributed by atoms with Crippen LogP contribution in [0.1, 0.15) is 46.5 Å². The summed E-state index contributed by atoms with van der Waals surface area (Å²) >= 11 is 0. The van der Waals surface area contributed by atoms with E-state index in [4.69, 9.17) is 0 Å². The molecule has 106 valence electrons. The number of hydrogen-bond donors (Lipinski definition) is 1. The second-order valence-corrected chi connectivity index (χ2v) is 8.98. The van der Waals surface area contributed by atoms with Gasteiger partial charge in [-0.15, -0.1) is 0 Å². The summed E-state index contributed by atoms with van der Waals surface area (Å²) in [6.45, 7) is 7.07. The molecule has 1 rings (SSSR count). The Hall–Kier alpha value is -0.420. The van der Waals surface area contributed by atoms with Gasteiger partial charge in [0.2, 0.25) is 0 Å². The molecule has 5 heteroatoms. The number of carbonyl (C=O) groups excluding carboxylic acids is 1. The minimum Gasteiger partial charge on any atom is -0.316 e. The first-order valence-corrected chi connectivity index (χ1v) is 8.32. The van der Waals surface area contributed by atoms with Crippen LogP contribution in [0, 0.1) is 5.92 Å². The molecule has 1 unspecified atom stereocenters. The third kappa shape index (κ3) is 4.69. The normalized spacial score (nSPS) is 21.2. The van der Waals surface area contributed by atoms with Gasteiger partial charge >= 0.3 is 0 Å². The van der Waals surface area contributed by atoms with E-state index in [1.54, 1.807) is 20.8 Å². The van der Waals surface area contributed by atoms with Crippen molar-refractivity contribution in [3.05, 3.63) is 0 Å². The molecule has 1 N–H and O–H groups in total. The van der Waals surface area contributed by atoms with Gasteiger partial charge in [-0.3, -0.25) is 4.79 Å². The number of nitrogens with one attached hydrogen (secondary N) is 1. The molecule has 0 aromatic rings. The Labute approximate surface area is 110 Å². The molecule has 0 radical (unpaired) electrons. The molecule has 1 saturated heterocycles. The summed E-state index contributed by atoms with van der Waals surface area (Å²) in [5, 5.41) is 3.27. The average Bonchev–Trinajstić information content (AvgIpc) is 2.74. The van der Waals surface area contributed by atoms with E-state index in [9.17, 15) is 13.2 Å². The minimum absolute atomic E-state index is 0.0156. The van der Waals surface area contributed by atoms with Crippen molar-refractivity contribution >= 4 is 15.6 Å². The molecule has 0 aromatic heterocycles. The van der Waals surface area contributed by atoms with E-state index in [1.807, 2.05) is 0 Å². The van der Waals surface area contributed by atoms with Gasteiger partial charge in [0.15, 0.2) is 9.84 Å². The van der Waals surface area contributed by atoms with E-state index in [0.29, 0.717) is 12.3 Å². The summed E-state index contributed by atoms with van der Waals surface area (Å²) in [5.74, 6) is 0.654. The van der Waals surface area contributed by atoms with Crippen molar-refractivity contribution in [2.24, 2.45) is 5.92 Å². The summed E-state index contributed by atoms with van der Waals surface area (Å²) in [5.41, 5.74) is 0. The van der Waals surface area contributed by atoms with Gasteiger partial charge in [-0.2, -0.15) is 0 Å². The maximum Gasteiger partial charge on any atom is 0.155 e. The summed E-state index contributed by atoms with van der Waals surface area (Å²) < 4.78 is 22.9. The smallest absolute Gasteiger partial charge is 0.155 e. The van der Waals surface area contributed by atoms with Crippen LogP contribution in [0.15, 0.2) is 0 Å². The van der Waals surface area contributed by atoms with Gasteiger partial charge in [0.25, 0.3) is 0 Å². The second-order valence-electron chi connectivity index (χ2n) is 6.12. The lowest BCUT2D eigenvalue weighted by Crippen LogP contribution is -2.31. The Morgan fingerprint density at radius 2 is 1.94 bits per heavy atom. The van der Waals surface area contributed by atoms with Crippen LogP contribution in [-0.2, 0) is 14.6 Å². The molecule has 18 heavy (non-hydrogen) atoms. The zero-order valence-electron chi connectivity index (χ0n) is 11.7. The number of rotatable bonds is 6. The molecule has 1 heterocycles. The molecule has 0 aromatic carbocycles. The summed E-state index contributed by atoms with van der Waals surface area (Å²) in [6, 6.07) is 0. The van der Waals surface area contributed by atoms with E-state index in [2.05, 4.69) is 5.32 Å². The molecular weight excluding hydrogens is 250 g/mol. The number of sulfone groups is 1. The molecule has 0 bridgehead atoms. The van der Waals surface area contributed by atoms with Crippen LogP contribution >= 0.6 is 0 Å². The van der Waals surface area contributed by atoms with Crippen LogP contribution in [0.4, 0.5) is 0 Å². The van der Waals surface area contributed by atoms with Gasteiger partial charge < -0.3 is 5.32 Å². The first kappa shape index (κ1) is 15.6. The van der Waals surface area contributed by atoms with Gasteiger partial charge in [0.1, 0.15) is 5.78 Å². The van der Waals surface area contributed by atoms with Crippen LogP contribution in [0.25, 0.3) is 0 Å². The van der Waals surface area contributed by atoms with Gasteiger partial charge in [0.05, 0.1) is 10.5 Å². The van der Waals surface area contributed by atoms with Crippen LogP contribution in [-0.4, -0.2) is 37.8 Å². The quantitative estimate of drug-likeness (QED) is 0.799. The molecule has 0 amide bonds. The van der Waals surface area contributed by atoms with Gasteiger partial charge in [-0.05, 0) is 52.6 Å². The lowest BCUT2D eigenvalue weighted by atomic mass is 10.0. The predicted octanol–water partition coefficient (Wildman–Crippen LogP) is 1.55. The molecule has 1 aliphatic heterocycles. The molecular formula is C13H25NO3S. The number of ketones is 1. The largest absolute Gasteiger partial charge is 0.316 e. The molecule has 1 aliphatic rings. The topological polar surface area (TPSA) is 63.2 Å². The van der Waals surface area contributed by atoms with Crippen molar-refractivity contribution in [2.45, 2.75) is 51.2 Å². The van der Waals surface area contributed by atoms with Crippen LogP contribution in [0.2, 0.25) is 0 Å². The second kappa shape index (κ2) is 6.15. The van der Waals surface area contributed by atoms with Crippen molar-refractivity contribution in [3.8, 4) is 0 Å². The first-order chi connectivity index (χ1) is 8.22. The third-order valence-electron chi connectivity index (χ3n) is 3.58. The Morgan fingerprint density at radius 3 is 2.44 bits per heavy atom. The van der Waals surface area contributed by atoms with Crippen molar-refractivity contribution in [1.82, 2.24) is 5.32 Å². The zero-order chi connectivity index (χ0) is 13.8. The van der Waals surface area contributed by atoms with Crippen LogP contribution < -0.4 is 5.32 Å². The fraction of sp³-hybridized carbons (Fsp3) is 0.923. The van der Waals surface area contributed by atoms with E-state index in [1.165, 1.54) is 0 Å². The SMILES string of the molecule is CC(C)(C)S(=O)(=O)CCC(=O)CCC1CCNC1. The standard InChI is InChI=1S/C13H25NO3S/c1-13(2,3)18(16,17)9-7-12(15)5-4-11-6-8-14-10-11/h11,14H,4-10H2,1-3H3. The molecule has 1 atom stereocenters. The maximum atomic E-state index is 11.9. The highest BCUT2D eigenvalue weighted by molar-refractivity contribution is 7.92. The summed E-state index contributed by atoms with van der Waals surface area (Å²) in [4.78, 5) is 11.7. The minimum atomic E-state index is -3.16. The van der Waals surface area contributed by atoms with Crippen molar-refractivity contribution in [1.29, 1.82) is 0 Å². The average molecular weight is 275 g/mol. The Kier molecular flexibility index (Phi) is 5.34. The van der Waals surface area contributed by atoms with Crippen molar-refractivity contribution < 1.29 is 13.2 Å². The maximum absolute atomic E-state index is 11.9. The Balaban J connectivity index is 2.28. The van der Waals surface area contributed by atoms with E-state index in [0.717, 1.165) is 25.9 Å². The lowest BCUT2D eigenvalue weighted by molar-refractivity contribution is -0.118. The monoisotopic (exact) mass is 275 g/mol. The van der Waals surface area contributed by atoms with Crippen LogP contribution in [0.3, 0.4) is 0 Å². The first-order valence-electron chi connectivity index (χ1n) is 6.67. The fourth-order valence-electron chi connectivity index (χ4n) is 2.01. The molecule has 0 aliphatic carbocycles. The predicted molar refractivity (Wildman–Crippen MR) is 73.4 cm³/mol. The number of Topliss-reactive ketones (excluding diaryl/α,β-unsaturated/α-hetero) is 1. The van der Waals surface area contributed by atoms with Crippen molar-refractivity contribution in [3.63, 3.8) is 0 Å². The van der Waals surface area contributed by atoms with E-state index in [-0.39, 0.29) is 18.0 Å². The van der Waals surface area contributed by atoms with E-state index >= 15 is 0 Å². The molecule has 1 fully saturated rings. The highest BCUT2D eigenvalue weighted by Gasteiger charge is 2.29. The Morgan fingerprint density at radius 1 is 1.28 bits per heavy atom. The lowest BCUT2D eigenvalue weighted by Gasteiger charge is -2.18. The van der Waals surface area contributed by atoms with Crippen LogP contribution in [0.5, 0.6) is 0 Å². The van der Waals surface area contributed by atoms with Gasteiger partial charge in [0, 0.05) is 12.8 Å². The van der Waals surface area contributed by atoms with Gasteiger partial charge in [-0.1, -0.05) is 0 Å². The summed E-state index contributed by atoms with van der Waals surface area (Å²) in [7, 11) is -3.16. The van der Waals surface area contributed by atoms with Gasteiger partial charge in [-0.25, -0.2) is 8.42 Å². The third-order valence-corrected chi connectivity index (χ3v) is 6.18. The number of hydrogen-bond acceptors (Lipinski definition) is 4. The molecule has 0 spiro atoms. The number of carbonyl (C=O) groups is 1. The molecule has 4 nitrogen and oxygen atoms in total. The Bertz CT molecular complexity index is 376. The highest BCUT2D eigenvalue weighted by Crippen LogP contribution is 2.18. The summed E-state index contributed by atoms with van der Waals surface area (Å²) in [6.07, 6.45) is 2.71. The zero-order valence-corrected chi connectivity index (χ0v) is 12.5.